The minimum Gasteiger partial charge on any atom is -0.392 e. The van der Waals surface area contributed by atoms with Gasteiger partial charge in [0.25, 0.3) is 0 Å². The van der Waals surface area contributed by atoms with Crippen LogP contribution in [0.25, 0.3) is 0 Å². The van der Waals surface area contributed by atoms with Gasteiger partial charge in [-0.1, -0.05) is 52.7 Å². The van der Waals surface area contributed by atoms with E-state index >= 15 is 0 Å². The summed E-state index contributed by atoms with van der Waals surface area (Å²) in [6.07, 6.45) is 5.45. The number of likely N-dealkylation sites (tertiary alicyclic amines) is 1. The Morgan fingerprint density at radius 3 is 2.50 bits per heavy atom. The second-order valence-corrected chi connectivity index (χ2v) is 10.7. The number of fused-ring (bicyclic) bond motifs is 3. The number of nitrogens with zero attached hydrogens (tertiary/aromatic N) is 2. The average molecular weight is 495 g/mol. The Balaban J connectivity index is 1.46. The Morgan fingerprint density at radius 2 is 1.78 bits per heavy atom. The third-order valence-corrected chi connectivity index (χ3v) is 7.83. The number of carbonyl (C=O) groups excluding carboxylic acids is 2. The van der Waals surface area contributed by atoms with Crippen LogP contribution in [-0.2, 0) is 21.0 Å². The van der Waals surface area contributed by atoms with Gasteiger partial charge in [-0.25, -0.2) is 0 Å². The lowest BCUT2D eigenvalue weighted by molar-refractivity contribution is -0.142. The van der Waals surface area contributed by atoms with Gasteiger partial charge in [0.1, 0.15) is 6.61 Å². The second kappa shape index (κ2) is 11.5. The van der Waals surface area contributed by atoms with Gasteiger partial charge in [-0.2, -0.15) is 0 Å². The lowest BCUT2D eigenvalue weighted by atomic mass is 9.60. The molecule has 0 bridgehead atoms. The molecule has 0 aromatic heterocycles. The molecule has 1 heterocycles. The molecule has 6 atom stereocenters. The normalized spacial score (nSPS) is 31.3. The molecule has 0 radical (unpaired) electrons. The Hall–Kier alpha value is -2.77. The number of aliphatic hydroxyl groups excluding tert-OH is 2. The maximum absolute atomic E-state index is 13.5. The van der Waals surface area contributed by atoms with Crippen LogP contribution in [0.3, 0.4) is 0 Å². The Morgan fingerprint density at radius 1 is 1.06 bits per heavy atom. The number of oxime groups is 1. The minimum atomic E-state index is -1.08. The van der Waals surface area contributed by atoms with Crippen molar-refractivity contribution in [2.24, 2.45) is 28.8 Å². The zero-order valence-corrected chi connectivity index (χ0v) is 21.5. The number of allylic oxidation sites excluding steroid dienone is 3. The van der Waals surface area contributed by atoms with E-state index in [1.807, 2.05) is 36.4 Å². The van der Waals surface area contributed by atoms with Crippen molar-refractivity contribution in [3.8, 4) is 0 Å². The van der Waals surface area contributed by atoms with E-state index < -0.39 is 30.0 Å². The minimum absolute atomic E-state index is 0.178. The molecule has 3 aliphatic rings. The SMILES string of the molecule is CC(C)=CCCC(C)=CCON=C1C[C@@H](O)[C@@H](O)[C@@H]2[C@@H]3C(=O)N(Cc4ccccc4)C(=O)[C@@H]3CC[C@@H]12. The molecule has 0 unspecified atom stereocenters. The predicted octanol–water partition coefficient (Wildman–Crippen LogP) is 4.00. The monoisotopic (exact) mass is 494 g/mol. The molecule has 1 saturated heterocycles. The van der Waals surface area contributed by atoms with E-state index in [0.29, 0.717) is 25.2 Å². The maximum atomic E-state index is 13.5. The Kier molecular flexibility index (Phi) is 8.42. The van der Waals surface area contributed by atoms with Crippen LogP contribution in [0.5, 0.6) is 0 Å². The van der Waals surface area contributed by atoms with Crippen molar-refractivity contribution in [1.82, 2.24) is 4.90 Å². The molecule has 2 saturated carbocycles. The van der Waals surface area contributed by atoms with Crippen molar-refractivity contribution in [1.29, 1.82) is 0 Å². The summed E-state index contributed by atoms with van der Waals surface area (Å²) in [5.74, 6) is -2.28. The molecule has 2 amide bonds. The van der Waals surface area contributed by atoms with Crippen molar-refractivity contribution >= 4 is 17.5 Å². The molecule has 1 aromatic rings. The summed E-state index contributed by atoms with van der Waals surface area (Å²) >= 11 is 0. The molecule has 4 rings (SSSR count). The molecule has 3 fully saturated rings. The number of aliphatic hydroxyl groups is 2. The van der Waals surface area contributed by atoms with Gasteiger partial charge in [0, 0.05) is 18.3 Å². The van der Waals surface area contributed by atoms with Gasteiger partial charge in [0.05, 0.1) is 36.3 Å². The van der Waals surface area contributed by atoms with Crippen molar-refractivity contribution in [2.75, 3.05) is 6.61 Å². The summed E-state index contributed by atoms with van der Waals surface area (Å²) in [5.41, 5.74) is 4.09. The van der Waals surface area contributed by atoms with E-state index in [-0.39, 0.29) is 30.7 Å². The van der Waals surface area contributed by atoms with Gasteiger partial charge in [-0.3, -0.25) is 14.5 Å². The van der Waals surface area contributed by atoms with Crippen molar-refractivity contribution in [3.63, 3.8) is 0 Å². The zero-order valence-electron chi connectivity index (χ0n) is 21.5. The quantitative estimate of drug-likeness (QED) is 0.246. The zero-order chi connectivity index (χ0) is 25.8. The number of rotatable bonds is 8. The standard InChI is InChI=1S/C29H38N2O5/c1-18(2)8-7-9-19(3)14-15-36-30-23-16-24(32)27(33)25-21(23)12-13-22-26(25)29(35)31(28(22)34)17-20-10-5-4-6-11-20/h4-6,8,10-11,14,21-22,24-27,32-33H,7,9,12-13,15-17H2,1-3H3/t21-,22+,24+,25-,26+,27+/m0/s1. The molecule has 2 N–H and O–H groups in total. The van der Waals surface area contributed by atoms with E-state index in [0.717, 1.165) is 18.4 Å². The van der Waals surface area contributed by atoms with Gasteiger partial charge >= 0.3 is 0 Å². The first kappa shape index (κ1) is 26.3. The van der Waals surface area contributed by atoms with Crippen molar-refractivity contribution in [2.45, 2.75) is 71.6 Å². The smallest absolute Gasteiger partial charge is 0.233 e. The highest BCUT2D eigenvalue weighted by molar-refractivity contribution is 6.06. The fraction of sp³-hybridized carbons (Fsp3) is 0.552. The lowest BCUT2D eigenvalue weighted by Crippen LogP contribution is -2.54. The molecule has 36 heavy (non-hydrogen) atoms. The van der Waals surface area contributed by atoms with E-state index in [1.165, 1.54) is 16.0 Å². The summed E-state index contributed by atoms with van der Waals surface area (Å²) in [5, 5.41) is 25.9. The maximum Gasteiger partial charge on any atom is 0.233 e. The molecule has 194 valence electrons. The van der Waals surface area contributed by atoms with Gasteiger partial charge in [-0.15, -0.1) is 0 Å². The van der Waals surface area contributed by atoms with Crippen LogP contribution in [0.4, 0.5) is 0 Å². The van der Waals surface area contributed by atoms with Crippen LogP contribution in [0.15, 0.2) is 58.8 Å². The van der Waals surface area contributed by atoms with Crippen molar-refractivity contribution < 1.29 is 24.6 Å². The summed E-state index contributed by atoms with van der Waals surface area (Å²) in [7, 11) is 0. The van der Waals surface area contributed by atoms with E-state index in [2.05, 4.69) is 32.0 Å². The fourth-order valence-electron chi connectivity index (χ4n) is 5.95. The van der Waals surface area contributed by atoms with Gasteiger partial charge in [-0.05, 0) is 58.1 Å². The van der Waals surface area contributed by atoms with E-state index in [1.54, 1.807) is 0 Å². The fourth-order valence-corrected chi connectivity index (χ4v) is 5.95. The van der Waals surface area contributed by atoms with Crippen LogP contribution in [0, 0.1) is 23.7 Å². The van der Waals surface area contributed by atoms with Crippen LogP contribution in [-0.4, -0.2) is 51.5 Å². The summed E-state index contributed by atoms with van der Waals surface area (Å²) in [6.45, 7) is 6.80. The number of hydrogen-bond donors (Lipinski definition) is 2. The first-order valence-corrected chi connectivity index (χ1v) is 13.0. The van der Waals surface area contributed by atoms with Crippen LogP contribution >= 0.6 is 0 Å². The molecule has 0 spiro atoms. The van der Waals surface area contributed by atoms with E-state index in [4.69, 9.17) is 4.84 Å². The molecule has 1 aliphatic heterocycles. The number of carbonyl (C=O) groups is 2. The molecule has 1 aromatic carbocycles. The summed E-state index contributed by atoms with van der Waals surface area (Å²) in [4.78, 5) is 33.6. The van der Waals surface area contributed by atoms with Crippen LogP contribution in [0.1, 0.15) is 58.4 Å². The molecule has 7 heteroatoms. The first-order chi connectivity index (χ1) is 17.3. The highest BCUT2D eigenvalue weighted by Gasteiger charge is 2.59. The van der Waals surface area contributed by atoms with Gasteiger partial charge in [0.2, 0.25) is 11.8 Å². The number of benzene rings is 1. The number of amides is 2. The Labute approximate surface area is 213 Å². The van der Waals surface area contributed by atoms with Crippen molar-refractivity contribution in [3.05, 3.63) is 59.2 Å². The summed E-state index contributed by atoms with van der Waals surface area (Å²) < 4.78 is 0. The Bertz CT molecular complexity index is 1040. The molecule has 7 nitrogen and oxygen atoms in total. The second-order valence-electron chi connectivity index (χ2n) is 10.7. The van der Waals surface area contributed by atoms with Crippen LogP contribution < -0.4 is 0 Å². The summed E-state index contributed by atoms with van der Waals surface area (Å²) in [6, 6.07) is 9.45. The van der Waals surface area contributed by atoms with Gasteiger partial charge < -0.3 is 15.1 Å². The van der Waals surface area contributed by atoms with Gasteiger partial charge in [0.15, 0.2) is 0 Å². The predicted molar refractivity (Wildman–Crippen MR) is 138 cm³/mol. The number of imide groups is 1. The average Bonchev–Trinajstić information content (AvgIpc) is 3.09. The largest absolute Gasteiger partial charge is 0.392 e. The molecular weight excluding hydrogens is 456 g/mol. The van der Waals surface area contributed by atoms with Crippen LogP contribution in [0.2, 0.25) is 0 Å². The molecule has 2 aliphatic carbocycles. The first-order valence-electron chi connectivity index (χ1n) is 13.0. The third kappa shape index (κ3) is 5.62. The highest BCUT2D eigenvalue weighted by Crippen LogP contribution is 2.49. The lowest BCUT2D eigenvalue weighted by Gasteiger charge is -2.45. The highest BCUT2D eigenvalue weighted by atomic mass is 16.6. The topological polar surface area (TPSA) is 99.4 Å². The number of hydrogen-bond acceptors (Lipinski definition) is 6. The van der Waals surface area contributed by atoms with E-state index in [9.17, 15) is 19.8 Å². The molecular formula is C29H38N2O5. The third-order valence-electron chi connectivity index (χ3n) is 7.83.